The van der Waals surface area contributed by atoms with Gasteiger partial charge in [0.15, 0.2) is 6.29 Å². The van der Waals surface area contributed by atoms with Crippen molar-refractivity contribution < 1.29 is 4.79 Å². The molecule has 0 atom stereocenters. The van der Waals surface area contributed by atoms with Crippen LogP contribution in [-0.4, -0.2) is 6.29 Å². The van der Waals surface area contributed by atoms with Gasteiger partial charge in [-0.2, -0.15) is 0 Å². The quantitative estimate of drug-likeness (QED) is 0.447. The Labute approximate surface area is 72.7 Å². The van der Waals surface area contributed by atoms with Crippen LogP contribution >= 0.6 is 15.9 Å². The zero-order valence-electron chi connectivity index (χ0n) is 5.67. The van der Waals surface area contributed by atoms with Gasteiger partial charge in [-0.1, -0.05) is 12.1 Å². The Morgan fingerprint density at radius 1 is 1.55 bits per heavy atom. The van der Waals surface area contributed by atoms with Crippen molar-refractivity contribution in [2.24, 2.45) is 5.84 Å². The molecule has 3 nitrogen and oxygen atoms in total. The lowest BCUT2D eigenvalue weighted by molar-refractivity contribution is 0.112. The molecule has 0 aliphatic carbocycles. The smallest absolute Gasteiger partial charge is 0.151 e. The van der Waals surface area contributed by atoms with Crippen molar-refractivity contribution in [2.45, 2.75) is 0 Å². The zero-order valence-corrected chi connectivity index (χ0v) is 7.26. The first-order valence-corrected chi connectivity index (χ1v) is 3.79. The number of hydrogen-bond donors (Lipinski definition) is 2. The number of halogens is 1. The third kappa shape index (κ3) is 1.58. The molecule has 1 aromatic rings. The summed E-state index contributed by atoms with van der Waals surface area (Å²) in [4.78, 5) is 10.4. The highest BCUT2D eigenvalue weighted by Gasteiger charge is 2.01. The predicted octanol–water partition coefficient (Wildman–Crippen LogP) is 1.55. The van der Waals surface area contributed by atoms with Crippen molar-refractivity contribution in [3.05, 3.63) is 28.2 Å². The Morgan fingerprint density at radius 3 is 2.82 bits per heavy atom. The van der Waals surface area contributed by atoms with E-state index in [1.165, 1.54) is 0 Å². The van der Waals surface area contributed by atoms with Crippen molar-refractivity contribution in [3.8, 4) is 0 Å². The van der Waals surface area contributed by atoms with E-state index in [9.17, 15) is 4.79 Å². The molecule has 0 aliphatic heterocycles. The van der Waals surface area contributed by atoms with Gasteiger partial charge in [0.05, 0.1) is 10.2 Å². The summed E-state index contributed by atoms with van der Waals surface area (Å²) in [7, 11) is 0. The van der Waals surface area contributed by atoms with Crippen LogP contribution in [0.4, 0.5) is 5.69 Å². The number of benzene rings is 1. The van der Waals surface area contributed by atoms with E-state index in [2.05, 4.69) is 21.4 Å². The van der Waals surface area contributed by atoms with E-state index in [-0.39, 0.29) is 0 Å². The summed E-state index contributed by atoms with van der Waals surface area (Å²) >= 11 is 3.23. The molecule has 0 saturated heterocycles. The van der Waals surface area contributed by atoms with E-state index in [0.29, 0.717) is 15.7 Å². The van der Waals surface area contributed by atoms with Crippen LogP contribution in [0.2, 0.25) is 0 Å². The first-order chi connectivity index (χ1) is 5.29. The van der Waals surface area contributed by atoms with Gasteiger partial charge >= 0.3 is 0 Å². The van der Waals surface area contributed by atoms with Crippen molar-refractivity contribution in [1.82, 2.24) is 0 Å². The highest BCUT2D eigenvalue weighted by atomic mass is 79.9. The molecule has 0 spiro atoms. The van der Waals surface area contributed by atoms with Crippen molar-refractivity contribution >= 4 is 27.9 Å². The van der Waals surface area contributed by atoms with Gasteiger partial charge in [0.1, 0.15) is 0 Å². The van der Waals surface area contributed by atoms with E-state index >= 15 is 0 Å². The first-order valence-electron chi connectivity index (χ1n) is 3.00. The number of anilines is 1. The molecule has 0 aromatic heterocycles. The highest BCUT2D eigenvalue weighted by Crippen LogP contribution is 2.23. The minimum atomic E-state index is 0.584. The SMILES string of the molecule is NNc1cccc(C=O)c1Br. The average Bonchev–Trinajstić information content (AvgIpc) is 2.05. The number of nitrogens with two attached hydrogens (primary N) is 1. The van der Waals surface area contributed by atoms with Crippen molar-refractivity contribution in [3.63, 3.8) is 0 Å². The fourth-order valence-corrected chi connectivity index (χ4v) is 1.22. The second kappa shape index (κ2) is 3.50. The maximum absolute atomic E-state index is 10.4. The number of aldehydes is 1. The second-order valence-electron chi connectivity index (χ2n) is 1.97. The van der Waals surface area contributed by atoms with Crippen LogP contribution in [0.25, 0.3) is 0 Å². The van der Waals surface area contributed by atoms with E-state index in [1.54, 1.807) is 18.2 Å². The molecule has 0 radical (unpaired) electrons. The molecule has 0 fully saturated rings. The summed E-state index contributed by atoms with van der Waals surface area (Å²) in [6.45, 7) is 0. The molecule has 1 rings (SSSR count). The van der Waals surface area contributed by atoms with E-state index in [4.69, 9.17) is 5.84 Å². The maximum atomic E-state index is 10.4. The molecule has 0 bridgehead atoms. The van der Waals surface area contributed by atoms with Crippen LogP contribution in [0.5, 0.6) is 0 Å². The third-order valence-electron chi connectivity index (χ3n) is 1.31. The van der Waals surface area contributed by atoms with Crippen LogP contribution in [0.1, 0.15) is 10.4 Å². The van der Waals surface area contributed by atoms with Gasteiger partial charge in [0, 0.05) is 5.56 Å². The largest absolute Gasteiger partial charge is 0.323 e. The van der Waals surface area contributed by atoms with Crippen LogP contribution in [0.3, 0.4) is 0 Å². The molecular weight excluding hydrogens is 208 g/mol. The summed E-state index contributed by atoms with van der Waals surface area (Å²) in [5, 5.41) is 0. The van der Waals surface area contributed by atoms with Crippen LogP contribution in [0, 0.1) is 0 Å². The number of hydrogen-bond acceptors (Lipinski definition) is 3. The third-order valence-corrected chi connectivity index (χ3v) is 2.20. The van der Waals surface area contributed by atoms with Gasteiger partial charge in [-0.3, -0.25) is 10.6 Å². The summed E-state index contributed by atoms with van der Waals surface area (Å²) < 4.78 is 0.692. The van der Waals surface area contributed by atoms with Gasteiger partial charge in [-0.05, 0) is 22.0 Å². The minimum absolute atomic E-state index is 0.584. The predicted molar refractivity (Wildman–Crippen MR) is 47.3 cm³/mol. The standard InChI is InChI=1S/C7H7BrN2O/c8-7-5(4-11)2-1-3-6(7)10-9/h1-4,10H,9H2. The summed E-state index contributed by atoms with van der Waals surface area (Å²) in [6.07, 6.45) is 0.769. The molecule has 0 heterocycles. The Balaban J connectivity index is 3.20. The topological polar surface area (TPSA) is 55.1 Å². The molecule has 58 valence electrons. The number of carbonyl (C=O) groups excluding carboxylic acids is 1. The molecule has 4 heteroatoms. The lowest BCUT2D eigenvalue weighted by Crippen LogP contribution is -2.07. The Hall–Kier alpha value is -0.870. The van der Waals surface area contributed by atoms with Gasteiger partial charge in [0.2, 0.25) is 0 Å². The Kier molecular flexibility index (Phi) is 2.62. The van der Waals surface area contributed by atoms with Crippen molar-refractivity contribution in [1.29, 1.82) is 0 Å². The van der Waals surface area contributed by atoms with E-state index in [0.717, 1.165) is 6.29 Å². The summed E-state index contributed by atoms with van der Waals surface area (Å²) in [5.74, 6) is 5.18. The van der Waals surface area contributed by atoms with Gasteiger partial charge in [-0.15, -0.1) is 0 Å². The fraction of sp³-hybridized carbons (Fsp3) is 0. The molecule has 0 unspecified atom stereocenters. The van der Waals surface area contributed by atoms with E-state index < -0.39 is 0 Å². The van der Waals surface area contributed by atoms with E-state index in [1.807, 2.05) is 0 Å². The van der Waals surface area contributed by atoms with Crippen LogP contribution in [0.15, 0.2) is 22.7 Å². The lowest BCUT2D eigenvalue weighted by atomic mass is 10.2. The molecule has 3 N–H and O–H groups in total. The fourth-order valence-electron chi connectivity index (χ4n) is 0.752. The monoisotopic (exact) mass is 214 g/mol. The van der Waals surface area contributed by atoms with Gasteiger partial charge in [0.25, 0.3) is 0 Å². The molecule has 0 amide bonds. The molecule has 0 aliphatic rings. The van der Waals surface area contributed by atoms with Crippen molar-refractivity contribution in [2.75, 3.05) is 5.43 Å². The van der Waals surface area contributed by atoms with Crippen LogP contribution in [-0.2, 0) is 0 Å². The second-order valence-corrected chi connectivity index (χ2v) is 2.76. The number of rotatable bonds is 2. The summed E-state index contributed by atoms with van der Waals surface area (Å²) in [5.41, 5.74) is 3.75. The molecule has 1 aromatic carbocycles. The number of nitrogen functional groups attached to an aromatic ring is 1. The average molecular weight is 215 g/mol. The number of nitrogens with one attached hydrogen (secondary N) is 1. The first kappa shape index (κ1) is 8.23. The maximum Gasteiger partial charge on any atom is 0.151 e. The van der Waals surface area contributed by atoms with Gasteiger partial charge < -0.3 is 5.43 Å². The molecule has 11 heavy (non-hydrogen) atoms. The highest BCUT2D eigenvalue weighted by molar-refractivity contribution is 9.10. The number of hydrazine groups is 1. The summed E-state index contributed by atoms with van der Waals surface area (Å²) in [6, 6.07) is 5.23. The Bertz CT molecular complexity index is 275. The zero-order chi connectivity index (χ0) is 8.27. The molecule has 0 saturated carbocycles. The lowest BCUT2D eigenvalue weighted by Gasteiger charge is -2.03. The van der Waals surface area contributed by atoms with Gasteiger partial charge in [-0.25, -0.2) is 0 Å². The molecular formula is C7H7BrN2O. The number of carbonyl (C=O) groups is 1. The minimum Gasteiger partial charge on any atom is -0.323 e. The van der Waals surface area contributed by atoms with Crippen LogP contribution < -0.4 is 11.3 Å². The Morgan fingerprint density at radius 2 is 2.27 bits per heavy atom. The normalized spacial score (nSPS) is 9.27.